The molecule has 14 heavy (non-hydrogen) atoms. The maximum atomic E-state index is 3.59. The lowest BCUT2D eigenvalue weighted by atomic mass is 9.78. The Morgan fingerprint density at radius 3 is 2.57 bits per heavy atom. The minimum atomic E-state index is 0.492. The van der Waals surface area contributed by atoms with Gasteiger partial charge in [0.15, 0.2) is 0 Å². The summed E-state index contributed by atoms with van der Waals surface area (Å²) in [5.41, 5.74) is 1.92. The monoisotopic (exact) mass is 189 g/mol. The van der Waals surface area contributed by atoms with E-state index in [0.29, 0.717) is 11.5 Å². The molecule has 1 unspecified atom stereocenters. The number of rotatable bonds is 1. The van der Waals surface area contributed by atoms with Crippen LogP contribution in [0.4, 0.5) is 0 Å². The molecule has 1 saturated heterocycles. The lowest BCUT2D eigenvalue weighted by Crippen LogP contribution is -2.35. The number of benzene rings is 1. The standard InChI is InChI=1S/C13H19N/c1-13(2)8-9-14-12(10-13)11-6-4-3-5-7-11/h3-7,12,14H,8-10H2,1-2H3. The highest BCUT2D eigenvalue weighted by Gasteiger charge is 2.27. The van der Waals surface area contributed by atoms with Crippen LogP contribution in [0.2, 0.25) is 0 Å². The van der Waals surface area contributed by atoms with Crippen LogP contribution < -0.4 is 5.32 Å². The summed E-state index contributed by atoms with van der Waals surface area (Å²) in [5, 5.41) is 3.59. The van der Waals surface area contributed by atoms with Crippen molar-refractivity contribution in [2.45, 2.75) is 32.7 Å². The first-order valence-electron chi connectivity index (χ1n) is 5.46. The summed E-state index contributed by atoms with van der Waals surface area (Å²) in [7, 11) is 0. The van der Waals surface area contributed by atoms with E-state index >= 15 is 0 Å². The van der Waals surface area contributed by atoms with E-state index in [1.165, 1.54) is 18.4 Å². The van der Waals surface area contributed by atoms with Gasteiger partial charge in [0.25, 0.3) is 0 Å². The molecule has 1 fully saturated rings. The molecule has 1 heterocycles. The maximum absolute atomic E-state index is 3.59. The molecule has 2 rings (SSSR count). The van der Waals surface area contributed by atoms with Crippen molar-refractivity contribution in [2.75, 3.05) is 6.54 Å². The Morgan fingerprint density at radius 1 is 1.21 bits per heavy atom. The van der Waals surface area contributed by atoms with Gasteiger partial charge in [-0.15, -0.1) is 0 Å². The Balaban J connectivity index is 2.12. The molecular formula is C13H19N. The van der Waals surface area contributed by atoms with Crippen molar-refractivity contribution in [1.29, 1.82) is 0 Å². The number of hydrogen-bond donors (Lipinski definition) is 1. The van der Waals surface area contributed by atoms with E-state index in [4.69, 9.17) is 0 Å². The molecule has 1 heteroatoms. The number of hydrogen-bond acceptors (Lipinski definition) is 1. The normalized spacial score (nSPS) is 26.0. The maximum Gasteiger partial charge on any atom is 0.0325 e. The Morgan fingerprint density at radius 2 is 1.93 bits per heavy atom. The lowest BCUT2D eigenvalue weighted by molar-refractivity contribution is 0.210. The second kappa shape index (κ2) is 3.74. The average molecular weight is 189 g/mol. The van der Waals surface area contributed by atoms with Crippen molar-refractivity contribution in [2.24, 2.45) is 5.41 Å². The van der Waals surface area contributed by atoms with E-state index in [0.717, 1.165) is 6.54 Å². The van der Waals surface area contributed by atoms with Crippen LogP contribution in [-0.4, -0.2) is 6.54 Å². The van der Waals surface area contributed by atoms with Gasteiger partial charge in [0.05, 0.1) is 0 Å². The van der Waals surface area contributed by atoms with Gasteiger partial charge in [-0.05, 0) is 30.4 Å². The molecule has 0 spiro atoms. The van der Waals surface area contributed by atoms with Crippen molar-refractivity contribution in [1.82, 2.24) is 5.32 Å². The molecule has 0 saturated carbocycles. The summed E-state index contributed by atoms with van der Waals surface area (Å²) >= 11 is 0. The van der Waals surface area contributed by atoms with Gasteiger partial charge in [0.1, 0.15) is 0 Å². The Labute approximate surface area is 86.5 Å². The molecule has 1 aromatic rings. The van der Waals surface area contributed by atoms with E-state index in [1.54, 1.807) is 0 Å². The smallest absolute Gasteiger partial charge is 0.0325 e. The van der Waals surface area contributed by atoms with Gasteiger partial charge < -0.3 is 5.32 Å². The zero-order chi connectivity index (χ0) is 10.0. The van der Waals surface area contributed by atoms with Gasteiger partial charge in [-0.25, -0.2) is 0 Å². The largest absolute Gasteiger partial charge is 0.310 e. The van der Waals surface area contributed by atoms with Gasteiger partial charge in [-0.2, -0.15) is 0 Å². The highest BCUT2D eigenvalue weighted by molar-refractivity contribution is 5.19. The van der Waals surface area contributed by atoms with Crippen LogP contribution in [0, 0.1) is 5.41 Å². The van der Waals surface area contributed by atoms with Gasteiger partial charge in [-0.1, -0.05) is 44.2 Å². The molecule has 1 aliphatic rings. The minimum absolute atomic E-state index is 0.492. The number of piperidine rings is 1. The van der Waals surface area contributed by atoms with Crippen molar-refractivity contribution in [3.8, 4) is 0 Å². The summed E-state index contributed by atoms with van der Waals surface area (Å²) in [5.74, 6) is 0. The Bertz CT molecular complexity index is 289. The van der Waals surface area contributed by atoms with Crippen molar-refractivity contribution in [3.05, 3.63) is 35.9 Å². The minimum Gasteiger partial charge on any atom is -0.310 e. The summed E-state index contributed by atoms with van der Waals surface area (Å²) in [6.07, 6.45) is 2.54. The van der Waals surface area contributed by atoms with Crippen LogP contribution in [0.3, 0.4) is 0 Å². The van der Waals surface area contributed by atoms with Crippen LogP contribution >= 0.6 is 0 Å². The van der Waals surface area contributed by atoms with Gasteiger partial charge in [0, 0.05) is 6.04 Å². The molecule has 76 valence electrons. The summed E-state index contributed by atoms with van der Waals surface area (Å²) in [6, 6.07) is 11.3. The molecule has 1 nitrogen and oxygen atoms in total. The van der Waals surface area contributed by atoms with Crippen LogP contribution in [0.15, 0.2) is 30.3 Å². The first-order chi connectivity index (χ1) is 6.67. The first-order valence-corrected chi connectivity index (χ1v) is 5.46. The first kappa shape index (κ1) is 9.72. The lowest BCUT2D eigenvalue weighted by Gasteiger charge is -2.36. The molecule has 0 aliphatic carbocycles. The fraction of sp³-hybridized carbons (Fsp3) is 0.538. The molecule has 0 amide bonds. The van der Waals surface area contributed by atoms with Gasteiger partial charge >= 0.3 is 0 Å². The highest BCUT2D eigenvalue weighted by Crippen LogP contribution is 2.35. The molecule has 1 atom stereocenters. The molecule has 0 aromatic heterocycles. The second-order valence-electron chi connectivity index (χ2n) is 5.04. The molecule has 1 aromatic carbocycles. The molecule has 0 bridgehead atoms. The van der Waals surface area contributed by atoms with E-state index < -0.39 is 0 Å². The SMILES string of the molecule is CC1(C)CCNC(c2ccccc2)C1. The molecular weight excluding hydrogens is 170 g/mol. The predicted octanol–water partition coefficient (Wildman–Crippen LogP) is 3.14. The summed E-state index contributed by atoms with van der Waals surface area (Å²) in [6.45, 7) is 5.88. The third-order valence-corrected chi connectivity index (χ3v) is 3.15. The third-order valence-electron chi connectivity index (χ3n) is 3.15. The summed E-state index contributed by atoms with van der Waals surface area (Å²) in [4.78, 5) is 0. The zero-order valence-electron chi connectivity index (χ0n) is 9.09. The van der Waals surface area contributed by atoms with Gasteiger partial charge in [0.2, 0.25) is 0 Å². The zero-order valence-corrected chi connectivity index (χ0v) is 9.09. The van der Waals surface area contributed by atoms with Crippen LogP contribution in [0.25, 0.3) is 0 Å². The third kappa shape index (κ3) is 2.16. The van der Waals surface area contributed by atoms with E-state index in [-0.39, 0.29) is 0 Å². The number of nitrogens with one attached hydrogen (secondary N) is 1. The van der Waals surface area contributed by atoms with E-state index in [1.807, 2.05) is 0 Å². The van der Waals surface area contributed by atoms with Crippen LogP contribution in [0.5, 0.6) is 0 Å². The van der Waals surface area contributed by atoms with Crippen molar-refractivity contribution >= 4 is 0 Å². The fourth-order valence-electron chi connectivity index (χ4n) is 2.23. The summed E-state index contributed by atoms with van der Waals surface area (Å²) < 4.78 is 0. The average Bonchev–Trinajstić information content (AvgIpc) is 2.18. The predicted molar refractivity (Wildman–Crippen MR) is 60.2 cm³/mol. The Hall–Kier alpha value is -0.820. The fourth-order valence-corrected chi connectivity index (χ4v) is 2.23. The topological polar surface area (TPSA) is 12.0 Å². The highest BCUT2D eigenvalue weighted by atomic mass is 14.9. The quantitative estimate of drug-likeness (QED) is 0.715. The van der Waals surface area contributed by atoms with Crippen LogP contribution in [0.1, 0.15) is 38.3 Å². The molecule has 1 N–H and O–H groups in total. The second-order valence-corrected chi connectivity index (χ2v) is 5.04. The van der Waals surface area contributed by atoms with E-state index in [2.05, 4.69) is 49.5 Å². The van der Waals surface area contributed by atoms with Crippen LogP contribution in [-0.2, 0) is 0 Å². The van der Waals surface area contributed by atoms with Gasteiger partial charge in [-0.3, -0.25) is 0 Å². The molecule has 1 aliphatic heterocycles. The van der Waals surface area contributed by atoms with Crippen molar-refractivity contribution in [3.63, 3.8) is 0 Å². The Kier molecular flexibility index (Phi) is 2.60. The van der Waals surface area contributed by atoms with Crippen molar-refractivity contribution < 1.29 is 0 Å². The van der Waals surface area contributed by atoms with E-state index in [9.17, 15) is 0 Å². The molecule has 0 radical (unpaired) electrons.